The molecular formula is C27H24BrFN6O3. The summed E-state index contributed by atoms with van der Waals surface area (Å²) in [6.07, 6.45) is 0. The zero-order valence-electron chi connectivity index (χ0n) is 20.6. The largest absolute Gasteiger partial charge is 0.490 e. The number of nitrogens with one attached hydrogen (secondary N) is 2. The third kappa shape index (κ3) is 5.10. The number of aromatic nitrogens is 4. The fourth-order valence-electron chi connectivity index (χ4n) is 4.25. The second-order valence-electron chi connectivity index (χ2n) is 8.48. The number of ether oxygens (including phenoxy) is 2. The van der Waals surface area contributed by atoms with Crippen molar-refractivity contribution >= 4 is 33.5 Å². The number of para-hydroxylation sites is 1. The second kappa shape index (κ2) is 11.0. The molecule has 0 bridgehead atoms. The summed E-state index contributed by atoms with van der Waals surface area (Å²) < 4.78 is 28.2. The van der Waals surface area contributed by atoms with E-state index >= 15 is 0 Å². The Bertz CT molecular complexity index is 1510. The van der Waals surface area contributed by atoms with E-state index in [1.165, 1.54) is 6.07 Å². The van der Waals surface area contributed by atoms with Gasteiger partial charge in [-0.15, -0.1) is 0 Å². The number of fused-ring (bicyclic) bond motifs is 1. The van der Waals surface area contributed by atoms with Gasteiger partial charge in [0.15, 0.2) is 11.5 Å². The van der Waals surface area contributed by atoms with Crippen molar-refractivity contribution in [2.24, 2.45) is 0 Å². The predicted molar refractivity (Wildman–Crippen MR) is 143 cm³/mol. The first-order valence-electron chi connectivity index (χ1n) is 11.9. The van der Waals surface area contributed by atoms with Gasteiger partial charge in [-0.2, -0.15) is 4.68 Å². The highest BCUT2D eigenvalue weighted by Crippen LogP contribution is 2.43. The lowest BCUT2D eigenvalue weighted by atomic mass is 9.94. The number of hydrogen-bond donors (Lipinski definition) is 2. The smallest absolute Gasteiger partial charge is 0.255 e. The standard InChI is InChI=1S/C27H24BrFN6O3/c1-3-37-22-14-18(13-20(28)25(22)38-15-17-9-7-8-12-21(17)29)24-23(16(2)30-27-32-33-34-35(24)27)26(36)31-19-10-5-4-6-11-19/h4-14,24H,3,15H2,1-2H3,(H,31,36)(H,30,32,34). The molecule has 0 aliphatic carbocycles. The molecule has 11 heteroatoms. The first-order chi connectivity index (χ1) is 18.5. The fraction of sp³-hybridized carbons (Fsp3) is 0.185. The number of hydrogen-bond acceptors (Lipinski definition) is 7. The summed E-state index contributed by atoms with van der Waals surface area (Å²) in [5.41, 5.74) is 2.81. The molecule has 0 spiro atoms. The molecular weight excluding hydrogens is 555 g/mol. The van der Waals surface area contributed by atoms with E-state index in [4.69, 9.17) is 9.47 Å². The summed E-state index contributed by atoms with van der Waals surface area (Å²) in [6.45, 7) is 4.03. The van der Waals surface area contributed by atoms with Crippen molar-refractivity contribution in [3.8, 4) is 11.5 Å². The highest BCUT2D eigenvalue weighted by atomic mass is 79.9. The van der Waals surface area contributed by atoms with E-state index in [2.05, 4.69) is 42.1 Å². The SMILES string of the molecule is CCOc1cc(C2C(C(=O)Nc3ccccc3)=C(C)Nc3nnnn32)cc(Br)c1OCc1ccccc1F. The van der Waals surface area contributed by atoms with Gasteiger partial charge in [0.2, 0.25) is 5.95 Å². The Morgan fingerprint density at radius 3 is 2.66 bits per heavy atom. The molecule has 0 saturated carbocycles. The Morgan fingerprint density at radius 2 is 1.89 bits per heavy atom. The third-order valence-corrected chi connectivity index (χ3v) is 6.56. The zero-order valence-corrected chi connectivity index (χ0v) is 22.2. The van der Waals surface area contributed by atoms with Crippen LogP contribution in [0, 0.1) is 5.82 Å². The summed E-state index contributed by atoms with van der Waals surface area (Å²) in [4.78, 5) is 13.6. The highest BCUT2D eigenvalue weighted by Gasteiger charge is 2.35. The lowest BCUT2D eigenvalue weighted by Gasteiger charge is -2.28. The van der Waals surface area contributed by atoms with Crippen molar-refractivity contribution in [3.05, 3.63) is 99.4 Å². The summed E-state index contributed by atoms with van der Waals surface area (Å²) in [5, 5.41) is 18.1. The van der Waals surface area contributed by atoms with Crippen LogP contribution in [-0.4, -0.2) is 32.7 Å². The number of rotatable bonds is 8. The lowest BCUT2D eigenvalue weighted by Crippen LogP contribution is -2.31. The second-order valence-corrected chi connectivity index (χ2v) is 9.33. The fourth-order valence-corrected chi connectivity index (χ4v) is 4.82. The van der Waals surface area contributed by atoms with Gasteiger partial charge >= 0.3 is 0 Å². The highest BCUT2D eigenvalue weighted by molar-refractivity contribution is 9.10. The Hall–Kier alpha value is -4.25. The first kappa shape index (κ1) is 25.4. The molecule has 1 atom stereocenters. The summed E-state index contributed by atoms with van der Waals surface area (Å²) >= 11 is 3.59. The molecule has 2 N–H and O–H groups in total. The Kier molecular flexibility index (Phi) is 7.36. The minimum Gasteiger partial charge on any atom is -0.490 e. The Morgan fingerprint density at radius 1 is 1.13 bits per heavy atom. The van der Waals surface area contributed by atoms with Crippen LogP contribution in [0.25, 0.3) is 0 Å². The average molecular weight is 579 g/mol. The van der Waals surface area contributed by atoms with E-state index in [0.717, 1.165) is 0 Å². The van der Waals surface area contributed by atoms with Gasteiger partial charge < -0.3 is 20.1 Å². The quantitative estimate of drug-likeness (QED) is 0.285. The molecule has 2 heterocycles. The summed E-state index contributed by atoms with van der Waals surface area (Å²) in [6, 6.07) is 18.6. The van der Waals surface area contributed by atoms with Crippen molar-refractivity contribution in [2.45, 2.75) is 26.5 Å². The molecule has 5 rings (SSSR count). The number of nitrogens with zero attached hydrogens (tertiary/aromatic N) is 4. The van der Waals surface area contributed by atoms with Crippen LogP contribution in [0.5, 0.6) is 11.5 Å². The molecule has 4 aromatic rings. The molecule has 0 radical (unpaired) electrons. The molecule has 1 aromatic heterocycles. The van der Waals surface area contributed by atoms with Gasteiger partial charge in [0.1, 0.15) is 18.5 Å². The van der Waals surface area contributed by atoms with Crippen molar-refractivity contribution in [1.29, 1.82) is 0 Å². The molecule has 9 nitrogen and oxygen atoms in total. The third-order valence-electron chi connectivity index (χ3n) is 5.97. The normalized spacial score (nSPS) is 14.5. The first-order valence-corrected chi connectivity index (χ1v) is 12.7. The van der Waals surface area contributed by atoms with Gasteiger partial charge in [0.25, 0.3) is 5.91 Å². The number of benzene rings is 3. The van der Waals surface area contributed by atoms with Crippen molar-refractivity contribution in [2.75, 3.05) is 17.2 Å². The van der Waals surface area contributed by atoms with Crippen LogP contribution in [0.2, 0.25) is 0 Å². The van der Waals surface area contributed by atoms with Crippen molar-refractivity contribution in [1.82, 2.24) is 20.2 Å². The van der Waals surface area contributed by atoms with Crippen LogP contribution >= 0.6 is 15.9 Å². The number of amides is 1. The number of carbonyl (C=O) groups excluding carboxylic acids is 1. The van der Waals surface area contributed by atoms with Gasteiger partial charge in [-0.1, -0.05) is 41.5 Å². The van der Waals surface area contributed by atoms with Gasteiger partial charge in [-0.05, 0) is 76.1 Å². The molecule has 194 valence electrons. The molecule has 38 heavy (non-hydrogen) atoms. The van der Waals surface area contributed by atoms with Gasteiger partial charge in [-0.25, -0.2) is 4.39 Å². The van der Waals surface area contributed by atoms with Crippen LogP contribution in [0.1, 0.15) is 31.0 Å². The van der Waals surface area contributed by atoms with Gasteiger partial charge in [-0.3, -0.25) is 4.79 Å². The maximum absolute atomic E-state index is 14.2. The van der Waals surface area contributed by atoms with Crippen LogP contribution in [-0.2, 0) is 11.4 Å². The van der Waals surface area contributed by atoms with E-state index in [-0.39, 0.29) is 18.3 Å². The van der Waals surface area contributed by atoms with Crippen LogP contribution in [0.3, 0.4) is 0 Å². The van der Waals surface area contributed by atoms with E-state index in [1.807, 2.05) is 43.3 Å². The summed E-state index contributed by atoms with van der Waals surface area (Å²) in [5.74, 6) is 0.593. The maximum Gasteiger partial charge on any atom is 0.255 e. The monoisotopic (exact) mass is 578 g/mol. The number of allylic oxidation sites excluding steroid dienone is 1. The average Bonchev–Trinajstić information content (AvgIpc) is 3.37. The Labute approximate surface area is 226 Å². The molecule has 1 aliphatic rings. The van der Waals surface area contributed by atoms with E-state index < -0.39 is 6.04 Å². The maximum atomic E-state index is 14.2. The predicted octanol–water partition coefficient (Wildman–Crippen LogP) is 5.48. The van der Waals surface area contributed by atoms with Crippen molar-refractivity contribution < 1.29 is 18.7 Å². The summed E-state index contributed by atoms with van der Waals surface area (Å²) in [7, 11) is 0. The molecule has 1 unspecified atom stereocenters. The van der Waals surface area contributed by atoms with E-state index in [1.54, 1.807) is 35.9 Å². The number of tetrazole rings is 1. The van der Waals surface area contributed by atoms with Gasteiger partial charge in [0, 0.05) is 16.9 Å². The van der Waals surface area contributed by atoms with Crippen LogP contribution in [0.15, 0.2) is 82.5 Å². The van der Waals surface area contributed by atoms with Crippen molar-refractivity contribution in [3.63, 3.8) is 0 Å². The number of halogens is 2. The Balaban J connectivity index is 1.54. The number of carbonyl (C=O) groups is 1. The molecule has 0 saturated heterocycles. The molecule has 1 amide bonds. The topological polar surface area (TPSA) is 103 Å². The minimum atomic E-state index is -0.666. The molecule has 1 aliphatic heterocycles. The van der Waals surface area contributed by atoms with E-state index in [0.29, 0.717) is 56.6 Å². The lowest BCUT2D eigenvalue weighted by molar-refractivity contribution is -0.113. The zero-order chi connectivity index (χ0) is 26.6. The van der Waals surface area contributed by atoms with Gasteiger partial charge in [0.05, 0.1) is 16.7 Å². The van der Waals surface area contributed by atoms with Crippen LogP contribution < -0.4 is 20.1 Å². The van der Waals surface area contributed by atoms with E-state index in [9.17, 15) is 9.18 Å². The van der Waals surface area contributed by atoms with Crippen LogP contribution in [0.4, 0.5) is 16.0 Å². The minimum absolute atomic E-state index is 0.0128. The number of anilines is 2. The molecule has 0 fully saturated rings. The molecule has 3 aromatic carbocycles.